The topological polar surface area (TPSA) is 17.1 Å². The number of hydrogen-bond acceptors (Lipinski definition) is 1. The lowest BCUT2D eigenvalue weighted by atomic mass is 9.54. The molecular formula is C19H36O. The molecular weight excluding hydrogens is 244 g/mol. The third-order valence-electron chi connectivity index (χ3n) is 6.51. The SMILES string of the molecule is CC.CC(=O)[C@H]1CCC2[C@@H]3CC=C[C@@H](C)C3CC[C@@]21C.[HH].[HH]. The van der Waals surface area contributed by atoms with Crippen molar-refractivity contribution < 1.29 is 7.65 Å². The molecule has 0 radical (unpaired) electrons. The van der Waals surface area contributed by atoms with Gasteiger partial charge in [0.1, 0.15) is 5.78 Å². The van der Waals surface area contributed by atoms with Gasteiger partial charge in [0, 0.05) is 8.77 Å². The van der Waals surface area contributed by atoms with E-state index in [1.54, 1.807) is 0 Å². The molecule has 2 fully saturated rings. The smallest absolute Gasteiger partial charge is 0.133 e. The molecule has 0 heterocycles. The zero-order valence-electron chi connectivity index (χ0n) is 14.0. The van der Waals surface area contributed by atoms with Gasteiger partial charge in [-0.2, -0.15) is 0 Å². The monoisotopic (exact) mass is 280 g/mol. The highest BCUT2D eigenvalue weighted by Gasteiger charge is 2.55. The van der Waals surface area contributed by atoms with Crippen molar-refractivity contribution in [2.45, 2.75) is 66.7 Å². The number of rotatable bonds is 1. The standard InChI is InChI=1S/C17H26O.C2H6.2H2/c1-11-5-4-6-14-13(11)9-10-17(3)15(12(2)18)7-8-16(14)17;1-2;;/h4-5,11,13-16H,6-10H2,1-3H3;1-2H3;2*1H/t11-,13?,14-,15-,16?,17-;;;/m1.../s1. The molecule has 2 saturated carbocycles. The number of carbonyl (C=O) groups excluding carboxylic acids is 1. The molecule has 0 saturated heterocycles. The first-order chi connectivity index (χ1) is 9.54. The number of allylic oxidation sites excluding steroid dienone is 2. The van der Waals surface area contributed by atoms with Crippen LogP contribution < -0.4 is 0 Å². The molecule has 20 heavy (non-hydrogen) atoms. The maximum Gasteiger partial charge on any atom is 0.133 e. The van der Waals surface area contributed by atoms with Gasteiger partial charge in [0.15, 0.2) is 0 Å². The summed E-state index contributed by atoms with van der Waals surface area (Å²) in [6.45, 7) is 10.6. The summed E-state index contributed by atoms with van der Waals surface area (Å²) in [6.07, 6.45) is 11.1. The Balaban J connectivity index is 0.00000106. The number of Topliss-reactive ketones (excluding diaryl/α,β-unsaturated/α-hetero) is 1. The minimum atomic E-state index is 0. The Morgan fingerprint density at radius 3 is 2.55 bits per heavy atom. The van der Waals surface area contributed by atoms with Crippen LogP contribution >= 0.6 is 0 Å². The van der Waals surface area contributed by atoms with Crippen molar-refractivity contribution in [1.82, 2.24) is 0 Å². The summed E-state index contributed by atoms with van der Waals surface area (Å²) in [5.74, 6) is 4.09. The Hall–Kier alpha value is -0.590. The summed E-state index contributed by atoms with van der Waals surface area (Å²) in [4.78, 5) is 11.9. The second-order valence-electron chi connectivity index (χ2n) is 7.24. The molecule has 2 unspecified atom stereocenters. The average Bonchev–Trinajstić information content (AvgIpc) is 2.79. The van der Waals surface area contributed by atoms with E-state index in [1.807, 2.05) is 20.8 Å². The van der Waals surface area contributed by atoms with Crippen LogP contribution in [0.2, 0.25) is 0 Å². The van der Waals surface area contributed by atoms with Gasteiger partial charge in [0.05, 0.1) is 0 Å². The van der Waals surface area contributed by atoms with Crippen LogP contribution in [0.15, 0.2) is 12.2 Å². The minimum Gasteiger partial charge on any atom is -0.300 e. The zero-order chi connectivity index (χ0) is 14.9. The quantitative estimate of drug-likeness (QED) is 0.559. The Bertz CT molecular complexity index is 393. The minimum absolute atomic E-state index is 0. The Morgan fingerprint density at radius 1 is 1.20 bits per heavy atom. The third kappa shape index (κ3) is 2.38. The molecule has 0 amide bonds. The molecule has 0 aromatic carbocycles. The van der Waals surface area contributed by atoms with Crippen LogP contribution in [0.4, 0.5) is 0 Å². The van der Waals surface area contributed by atoms with E-state index >= 15 is 0 Å². The molecule has 3 aliphatic rings. The summed E-state index contributed by atoms with van der Waals surface area (Å²) in [7, 11) is 0. The van der Waals surface area contributed by atoms with Crippen LogP contribution in [0.3, 0.4) is 0 Å². The van der Waals surface area contributed by atoms with Gasteiger partial charge in [0.2, 0.25) is 0 Å². The molecule has 0 N–H and O–H groups in total. The van der Waals surface area contributed by atoms with Gasteiger partial charge in [-0.05, 0) is 68.1 Å². The van der Waals surface area contributed by atoms with Gasteiger partial charge in [0.25, 0.3) is 0 Å². The van der Waals surface area contributed by atoms with Crippen molar-refractivity contribution in [1.29, 1.82) is 0 Å². The van der Waals surface area contributed by atoms with Crippen LogP contribution in [0.1, 0.15) is 69.6 Å². The fourth-order valence-corrected chi connectivity index (χ4v) is 5.57. The van der Waals surface area contributed by atoms with Crippen molar-refractivity contribution >= 4 is 5.78 Å². The predicted octanol–water partition coefficient (Wildman–Crippen LogP) is 5.75. The summed E-state index contributed by atoms with van der Waals surface area (Å²) < 4.78 is 0. The highest BCUT2D eigenvalue weighted by atomic mass is 16.1. The lowest BCUT2D eigenvalue weighted by Crippen LogP contribution is -2.45. The number of carbonyl (C=O) groups is 1. The molecule has 1 nitrogen and oxygen atoms in total. The number of fused-ring (bicyclic) bond motifs is 3. The molecule has 0 bridgehead atoms. The molecule has 3 rings (SSSR count). The largest absolute Gasteiger partial charge is 0.300 e. The van der Waals surface area contributed by atoms with Crippen LogP contribution in [0.25, 0.3) is 0 Å². The summed E-state index contributed by atoms with van der Waals surface area (Å²) >= 11 is 0. The van der Waals surface area contributed by atoms with Crippen molar-refractivity contribution in [2.24, 2.45) is 35.0 Å². The lowest BCUT2D eigenvalue weighted by molar-refractivity contribution is -0.126. The number of hydrogen-bond donors (Lipinski definition) is 0. The van der Waals surface area contributed by atoms with E-state index in [-0.39, 0.29) is 2.85 Å². The van der Waals surface area contributed by atoms with Gasteiger partial charge in [-0.25, -0.2) is 0 Å². The maximum atomic E-state index is 11.9. The van der Waals surface area contributed by atoms with Gasteiger partial charge in [-0.1, -0.05) is 39.8 Å². The van der Waals surface area contributed by atoms with E-state index in [1.165, 1.54) is 25.7 Å². The Kier molecular flexibility index (Phi) is 4.76. The van der Waals surface area contributed by atoms with Crippen LogP contribution in [-0.2, 0) is 4.79 Å². The molecule has 0 aliphatic heterocycles. The van der Waals surface area contributed by atoms with Crippen molar-refractivity contribution in [3.05, 3.63) is 12.2 Å². The molecule has 0 aromatic rings. The fraction of sp³-hybridized carbons (Fsp3) is 0.842. The van der Waals surface area contributed by atoms with Crippen molar-refractivity contribution in [2.75, 3.05) is 0 Å². The van der Waals surface area contributed by atoms with Crippen LogP contribution in [0, 0.1) is 35.0 Å². The van der Waals surface area contributed by atoms with E-state index in [0.717, 1.165) is 30.1 Å². The Labute approximate surface area is 128 Å². The van der Waals surface area contributed by atoms with E-state index in [2.05, 4.69) is 26.0 Å². The first kappa shape index (κ1) is 15.8. The summed E-state index contributed by atoms with van der Waals surface area (Å²) in [6, 6.07) is 0. The molecule has 1 heteroatoms. The van der Waals surface area contributed by atoms with Crippen LogP contribution in [0.5, 0.6) is 0 Å². The number of ketones is 1. The van der Waals surface area contributed by atoms with Gasteiger partial charge in [-0.3, -0.25) is 4.79 Å². The molecule has 0 spiro atoms. The fourth-order valence-electron chi connectivity index (χ4n) is 5.57. The van der Waals surface area contributed by atoms with Gasteiger partial charge < -0.3 is 0 Å². The van der Waals surface area contributed by atoms with Crippen molar-refractivity contribution in [3.8, 4) is 0 Å². The molecule has 0 aromatic heterocycles. The third-order valence-corrected chi connectivity index (χ3v) is 6.51. The van der Waals surface area contributed by atoms with E-state index in [0.29, 0.717) is 17.1 Å². The second-order valence-corrected chi connectivity index (χ2v) is 7.24. The Morgan fingerprint density at radius 2 is 1.90 bits per heavy atom. The summed E-state index contributed by atoms with van der Waals surface area (Å²) in [5.41, 5.74) is 0.317. The van der Waals surface area contributed by atoms with Crippen molar-refractivity contribution in [3.63, 3.8) is 0 Å². The average molecular weight is 280 g/mol. The predicted molar refractivity (Wildman–Crippen MR) is 89.7 cm³/mol. The highest BCUT2D eigenvalue weighted by Crippen LogP contribution is 2.61. The lowest BCUT2D eigenvalue weighted by Gasteiger charge is -2.50. The molecule has 3 aliphatic carbocycles. The van der Waals surface area contributed by atoms with E-state index in [9.17, 15) is 4.79 Å². The van der Waals surface area contributed by atoms with Gasteiger partial charge >= 0.3 is 0 Å². The summed E-state index contributed by atoms with van der Waals surface area (Å²) in [5, 5.41) is 0. The molecule has 118 valence electrons. The van der Waals surface area contributed by atoms with E-state index in [4.69, 9.17) is 0 Å². The van der Waals surface area contributed by atoms with Crippen LogP contribution in [-0.4, -0.2) is 5.78 Å². The highest BCUT2D eigenvalue weighted by molar-refractivity contribution is 5.79. The van der Waals surface area contributed by atoms with E-state index < -0.39 is 0 Å². The van der Waals surface area contributed by atoms with Gasteiger partial charge in [-0.15, -0.1) is 0 Å². The first-order valence-corrected chi connectivity index (χ1v) is 8.71. The zero-order valence-corrected chi connectivity index (χ0v) is 14.0. The molecule has 6 atom stereocenters. The maximum absolute atomic E-state index is 11.9. The second kappa shape index (κ2) is 6.03. The first-order valence-electron chi connectivity index (χ1n) is 8.71. The normalized spacial score (nSPS) is 46.0.